The second-order valence-electron chi connectivity index (χ2n) is 6.08. The molecule has 1 atom stereocenters. The van der Waals surface area contributed by atoms with E-state index in [1.807, 2.05) is 4.90 Å². The lowest BCUT2D eigenvalue weighted by atomic mass is 10.0. The van der Waals surface area contributed by atoms with E-state index in [0.29, 0.717) is 6.04 Å². The number of urea groups is 1. The molecule has 0 aromatic carbocycles. The summed E-state index contributed by atoms with van der Waals surface area (Å²) < 4.78 is 0. The molecule has 0 saturated carbocycles. The molecule has 1 N–H and O–H groups in total. The maximum Gasteiger partial charge on any atom is 0.317 e. The third kappa shape index (κ3) is 6.27. The SMILES string of the molecule is CC(C)CCCC(C)NC(=O)N1CCCCCC1. The van der Waals surface area contributed by atoms with E-state index in [1.165, 1.54) is 25.7 Å². The van der Waals surface area contributed by atoms with E-state index in [0.717, 1.165) is 38.3 Å². The zero-order chi connectivity index (χ0) is 13.4. The Morgan fingerprint density at radius 1 is 1.06 bits per heavy atom. The van der Waals surface area contributed by atoms with Gasteiger partial charge in [-0.05, 0) is 32.1 Å². The summed E-state index contributed by atoms with van der Waals surface area (Å²) in [5, 5.41) is 3.14. The molecule has 3 heteroatoms. The van der Waals surface area contributed by atoms with Crippen molar-refractivity contribution in [2.45, 2.75) is 71.8 Å². The molecule has 1 heterocycles. The van der Waals surface area contributed by atoms with Crippen LogP contribution in [0.1, 0.15) is 65.7 Å². The van der Waals surface area contributed by atoms with Crippen LogP contribution in [0, 0.1) is 5.92 Å². The maximum absolute atomic E-state index is 12.1. The molecule has 0 spiro atoms. The lowest BCUT2D eigenvalue weighted by molar-refractivity contribution is 0.195. The molecule has 0 bridgehead atoms. The number of carbonyl (C=O) groups is 1. The number of rotatable bonds is 5. The zero-order valence-electron chi connectivity index (χ0n) is 12.4. The van der Waals surface area contributed by atoms with E-state index >= 15 is 0 Å². The number of carbonyl (C=O) groups excluding carboxylic acids is 1. The van der Waals surface area contributed by atoms with Crippen LogP contribution in [0.2, 0.25) is 0 Å². The number of likely N-dealkylation sites (tertiary alicyclic amines) is 1. The Morgan fingerprint density at radius 2 is 1.67 bits per heavy atom. The van der Waals surface area contributed by atoms with Crippen LogP contribution in [-0.2, 0) is 0 Å². The van der Waals surface area contributed by atoms with Gasteiger partial charge in [0, 0.05) is 19.1 Å². The van der Waals surface area contributed by atoms with Crippen LogP contribution >= 0.6 is 0 Å². The molecule has 1 fully saturated rings. The molecule has 1 rings (SSSR count). The van der Waals surface area contributed by atoms with E-state index < -0.39 is 0 Å². The largest absolute Gasteiger partial charge is 0.336 e. The molecule has 106 valence electrons. The Hall–Kier alpha value is -0.730. The fourth-order valence-corrected chi connectivity index (χ4v) is 2.48. The summed E-state index contributed by atoms with van der Waals surface area (Å²) in [6, 6.07) is 0.452. The summed E-state index contributed by atoms with van der Waals surface area (Å²) in [4.78, 5) is 14.1. The summed E-state index contributed by atoms with van der Waals surface area (Å²) >= 11 is 0. The van der Waals surface area contributed by atoms with Crippen molar-refractivity contribution >= 4 is 6.03 Å². The summed E-state index contributed by atoms with van der Waals surface area (Å²) in [5.74, 6) is 0.763. The van der Waals surface area contributed by atoms with Gasteiger partial charge in [-0.2, -0.15) is 0 Å². The van der Waals surface area contributed by atoms with Crippen molar-refractivity contribution in [3.63, 3.8) is 0 Å². The first-order valence-corrected chi connectivity index (χ1v) is 7.65. The molecule has 18 heavy (non-hydrogen) atoms. The van der Waals surface area contributed by atoms with Crippen molar-refractivity contribution in [3.8, 4) is 0 Å². The summed E-state index contributed by atoms with van der Waals surface area (Å²) in [7, 11) is 0. The van der Waals surface area contributed by atoms with Crippen LogP contribution < -0.4 is 5.32 Å². The highest BCUT2D eigenvalue weighted by Gasteiger charge is 2.16. The second-order valence-corrected chi connectivity index (χ2v) is 6.08. The predicted octanol–water partition coefficient (Wildman–Crippen LogP) is 3.79. The van der Waals surface area contributed by atoms with E-state index in [2.05, 4.69) is 26.1 Å². The van der Waals surface area contributed by atoms with Gasteiger partial charge in [0.25, 0.3) is 0 Å². The predicted molar refractivity (Wildman–Crippen MR) is 76.7 cm³/mol. The van der Waals surface area contributed by atoms with E-state index in [1.54, 1.807) is 0 Å². The first-order chi connectivity index (χ1) is 8.59. The zero-order valence-corrected chi connectivity index (χ0v) is 12.4. The van der Waals surface area contributed by atoms with Gasteiger partial charge in [0.2, 0.25) is 0 Å². The minimum Gasteiger partial charge on any atom is -0.336 e. The smallest absolute Gasteiger partial charge is 0.317 e. The summed E-state index contributed by atoms with van der Waals surface area (Å²) in [6.07, 6.45) is 8.42. The van der Waals surface area contributed by atoms with Crippen molar-refractivity contribution in [2.75, 3.05) is 13.1 Å². The Morgan fingerprint density at radius 3 is 2.22 bits per heavy atom. The monoisotopic (exact) mass is 254 g/mol. The molecular formula is C15H30N2O. The van der Waals surface area contributed by atoms with E-state index in [4.69, 9.17) is 0 Å². The van der Waals surface area contributed by atoms with Crippen molar-refractivity contribution < 1.29 is 4.79 Å². The third-order valence-corrected chi connectivity index (χ3v) is 3.68. The molecular weight excluding hydrogens is 224 g/mol. The van der Waals surface area contributed by atoms with Crippen LogP contribution in [0.3, 0.4) is 0 Å². The van der Waals surface area contributed by atoms with E-state index in [9.17, 15) is 4.79 Å². The Labute approximate surface area is 112 Å². The Bertz CT molecular complexity index is 233. The average Bonchev–Trinajstić information content (AvgIpc) is 2.56. The number of nitrogens with zero attached hydrogens (tertiary/aromatic N) is 1. The van der Waals surface area contributed by atoms with Gasteiger partial charge in [-0.25, -0.2) is 4.79 Å². The number of hydrogen-bond acceptors (Lipinski definition) is 1. The number of hydrogen-bond donors (Lipinski definition) is 1. The molecule has 1 saturated heterocycles. The van der Waals surface area contributed by atoms with Crippen molar-refractivity contribution in [2.24, 2.45) is 5.92 Å². The van der Waals surface area contributed by atoms with Gasteiger partial charge in [-0.1, -0.05) is 39.5 Å². The second kappa shape index (κ2) is 8.39. The first kappa shape index (κ1) is 15.3. The fourth-order valence-electron chi connectivity index (χ4n) is 2.48. The lowest BCUT2D eigenvalue weighted by Gasteiger charge is -2.23. The lowest BCUT2D eigenvalue weighted by Crippen LogP contribution is -2.44. The van der Waals surface area contributed by atoms with Crippen LogP contribution in [0.15, 0.2) is 0 Å². The van der Waals surface area contributed by atoms with Gasteiger partial charge in [0.15, 0.2) is 0 Å². The Balaban J connectivity index is 2.21. The molecule has 0 aliphatic carbocycles. The normalized spacial score (nSPS) is 18.6. The van der Waals surface area contributed by atoms with Gasteiger partial charge in [-0.15, -0.1) is 0 Å². The van der Waals surface area contributed by atoms with Crippen LogP contribution in [-0.4, -0.2) is 30.1 Å². The molecule has 0 aromatic heterocycles. The molecule has 1 aliphatic rings. The Kier molecular flexibility index (Phi) is 7.14. The molecule has 0 radical (unpaired) electrons. The highest BCUT2D eigenvalue weighted by atomic mass is 16.2. The van der Waals surface area contributed by atoms with Crippen molar-refractivity contribution in [3.05, 3.63) is 0 Å². The van der Waals surface area contributed by atoms with Crippen LogP contribution in [0.25, 0.3) is 0 Å². The quantitative estimate of drug-likeness (QED) is 0.795. The third-order valence-electron chi connectivity index (χ3n) is 3.68. The highest BCUT2D eigenvalue weighted by molar-refractivity contribution is 5.74. The topological polar surface area (TPSA) is 32.3 Å². The van der Waals surface area contributed by atoms with E-state index in [-0.39, 0.29) is 6.03 Å². The number of amides is 2. The summed E-state index contributed by atoms with van der Waals surface area (Å²) in [6.45, 7) is 8.49. The van der Waals surface area contributed by atoms with Crippen LogP contribution in [0.4, 0.5) is 4.79 Å². The number of nitrogens with one attached hydrogen (secondary N) is 1. The molecule has 1 unspecified atom stereocenters. The standard InChI is InChI=1S/C15H30N2O/c1-13(2)9-8-10-14(3)16-15(18)17-11-6-4-5-7-12-17/h13-14H,4-12H2,1-3H3,(H,16,18). The van der Waals surface area contributed by atoms with Gasteiger partial charge in [0.05, 0.1) is 0 Å². The average molecular weight is 254 g/mol. The molecule has 3 nitrogen and oxygen atoms in total. The summed E-state index contributed by atoms with van der Waals surface area (Å²) in [5.41, 5.74) is 0. The molecule has 1 aliphatic heterocycles. The minimum absolute atomic E-state index is 0.147. The molecule has 2 amide bonds. The van der Waals surface area contributed by atoms with Gasteiger partial charge in [0.1, 0.15) is 0 Å². The molecule has 0 aromatic rings. The highest BCUT2D eigenvalue weighted by Crippen LogP contribution is 2.11. The van der Waals surface area contributed by atoms with Crippen molar-refractivity contribution in [1.29, 1.82) is 0 Å². The van der Waals surface area contributed by atoms with Gasteiger partial charge in [-0.3, -0.25) is 0 Å². The van der Waals surface area contributed by atoms with Gasteiger partial charge >= 0.3 is 6.03 Å². The van der Waals surface area contributed by atoms with Gasteiger partial charge < -0.3 is 10.2 Å². The minimum atomic E-state index is 0.147. The first-order valence-electron chi connectivity index (χ1n) is 7.65. The maximum atomic E-state index is 12.1. The van der Waals surface area contributed by atoms with Crippen LogP contribution in [0.5, 0.6) is 0 Å². The fraction of sp³-hybridized carbons (Fsp3) is 0.933. The van der Waals surface area contributed by atoms with Crippen molar-refractivity contribution in [1.82, 2.24) is 10.2 Å².